The van der Waals surface area contributed by atoms with Gasteiger partial charge in [0.1, 0.15) is 17.3 Å². The molecule has 1 heterocycles. The minimum atomic E-state index is -4.81. The molecule has 0 aromatic heterocycles. The Balaban J connectivity index is 1.73. The number of halogens is 5. The molecule has 2 aromatic carbocycles. The van der Waals surface area contributed by atoms with Crippen molar-refractivity contribution < 1.29 is 27.0 Å². The summed E-state index contributed by atoms with van der Waals surface area (Å²) in [6, 6.07) is 7.19. The molecule has 28 heavy (non-hydrogen) atoms. The molecule has 1 aliphatic heterocycles. The fourth-order valence-electron chi connectivity index (χ4n) is 3.41. The summed E-state index contributed by atoms with van der Waals surface area (Å²) >= 11 is 5.81. The Labute approximate surface area is 164 Å². The summed E-state index contributed by atoms with van der Waals surface area (Å²) in [5, 5.41) is -0.102. The smallest absolute Gasteiger partial charge is 0.495 e. The van der Waals surface area contributed by atoms with Gasteiger partial charge in [0.25, 0.3) is 0 Å². The first-order chi connectivity index (χ1) is 13.2. The number of hydrogen-bond donors (Lipinski definition) is 1. The average Bonchev–Trinajstić information content (AvgIpc) is 2.63. The van der Waals surface area contributed by atoms with Gasteiger partial charge in [0.05, 0.1) is 23.5 Å². The second-order valence-corrected chi connectivity index (χ2v) is 6.95. The zero-order chi connectivity index (χ0) is 20.5. The first-order valence-electron chi connectivity index (χ1n) is 8.61. The molecule has 0 bridgehead atoms. The van der Waals surface area contributed by atoms with Crippen LogP contribution in [0.5, 0.6) is 11.5 Å². The number of nitrogens with zero attached hydrogens (tertiary/aromatic N) is 1. The van der Waals surface area contributed by atoms with Crippen molar-refractivity contribution in [3.63, 3.8) is 0 Å². The van der Waals surface area contributed by atoms with Crippen LogP contribution in [0.25, 0.3) is 0 Å². The molecule has 0 atom stereocenters. The maximum atomic E-state index is 14.3. The molecule has 0 unspecified atom stereocenters. The topological polar surface area (TPSA) is 47.7 Å². The van der Waals surface area contributed by atoms with Crippen molar-refractivity contribution in [1.82, 2.24) is 0 Å². The van der Waals surface area contributed by atoms with Crippen LogP contribution in [0.2, 0.25) is 5.02 Å². The molecule has 0 amide bonds. The Morgan fingerprint density at radius 3 is 2.39 bits per heavy atom. The van der Waals surface area contributed by atoms with Gasteiger partial charge in [-0.2, -0.15) is 0 Å². The average molecular weight is 419 g/mol. The Morgan fingerprint density at radius 1 is 1.11 bits per heavy atom. The van der Waals surface area contributed by atoms with Crippen LogP contribution in [0.3, 0.4) is 0 Å². The second kappa shape index (κ2) is 7.95. The molecule has 9 heteroatoms. The van der Waals surface area contributed by atoms with E-state index >= 15 is 0 Å². The molecular formula is C19H19ClF4N2O2. The Kier molecular flexibility index (Phi) is 5.79. The summed E-state index contributed by atoms with van der Waals surface area (Å²) in [6.07, 6.45) is -3.53. The summed E-state index contributed by atoms with van der Waals surface area (Å²) < 4.78 is 61.0. The Morgan fingerprint density at radius 2 is 1.79 bits per heavy atom. The molecule has 0 radical (unpaired) electrons. The van der Waals surface area contributed by atoms with E-state index in [1.54, 1.807) is 12.1 Å². The highest BCUT2D eigenvalue weighted by molar-refractivity contribution is 6.32. The lowest BCUT2D eigenvalue weighted by atomic mass is 9.89. The quantitative estimate of drug-likeness (QED) is 0.537. The van der Waals surface area contributed by atoms with E-state index in [1.165, 1.54) is 25.3 Å². The molecule has 152 valence electrons. The zero-order valence-electron chi connectivity index (χ0n) is 15.0. The number of rotatable bonds is 4. The number of benzene rings is 2. The third-order valence-corrected chi connectivity index (χ3v) is 5.10. The summed E-state index contributed by atoms with van der Waals surface area (Å²) in [7, 11) is 1.46. The van der Waals surface area contributed by atoms with Gasteiger partial charge in [-0.3, -0.25) is 0 Å². The molecule has 3 rings (SSSR count). The van der Waals surface area contributed by atoms with Crippen molar-refractivity contribution in [3.8, 4) is 11.5 Å². The lowest BCUT2D eigenvalue weighted by Gasteiger charge is -2.34. The molecule has 1 saturated heterocycles. The number of anilines is 2. The predicted molar refractivity (Wildman–Crippen MR) is 99.7 cm³/mol. The van der Waals surface area contributed by atoms with Crippen molar-refractivity contribution in [2.75, 3.05) is 30.8 Å². The highest BCUT2D eigenvalue weighted by atomic mass is 35.5. The maximum absolute atomic E-state index is 14.3. The van der Waals surface area contributed by atoms with Gasteiger partial charge in [-0.1, -0.05) is 17.7 Å². The fourth-order valence-corrected chi connectivity index (χ4v) is 3.56. The number of methoxy groups -OCH3 is 1. The van der Waals surface area contributed by atoms with E-state index in [-0.39, 0.29) is 16.6 Å². The molecule has 4 nitrogen and oxygen atoms in total. The number of ether oxygens (including phenoxy) is 2. The SMILES string of the molecule is COc1cc(N2CCC(c3ccc(Cl)c(OC(F)(F)F)c3)CC2)c(F)cc1N. The van der Waals surface area contributed by atoms with Crippen LogP contribution in [0.4, 0.5) is 28.9 Å². The molecule has 2 aromatic rings. The summed E-state index contributed by atoms with van der Waals surface area (Å²) in [6.45, 7) is 1.07. The van der Waals surface area contributed by atoms with Gasteiger partial charge in [0.15, 0.2) is 0 Å². The lowest BCUT2D eigenvalue weighted by molar-refractivity contribution is -0.274. The van der Waals surface area contributed by atoms with Crippen molar-refractivity contribution in [1.29, 1.82) is 0 Å². The third kappa shape index (κ3) is 4.55. The van der Waals surface area contributed by atoms with E-state index in [0.29, 0.717) is 42.9 Å². The van der Waals surface area contributed by atoms with Crippen molar-refractivity contribution >= 4 is 23.0 Å². The highest BCUT2D eigenvalue weighted by Crippen LogP contribution is 2.38. The minimum Gasteiger partial charge on any atom is -0.495 e. The van der Waals surface area contributed by atoms with E-state index in [9.17, 15) is 17.6 Å². The number of hydrogen-bond acceptors (Lipinski definition) is 4. The summed E-state index contributed by atoms with van der Waals surface area (Å²) in [5.74, 6) is -0.444. The van der Waals surface area contributed by atoms with E-state index in [2.05, 4.69) is 4.74 Å². The van der Waals surface area contributed by atoms with Gasteiger partial charge in [-0.25, -0.2) is 4.39 Å². The van der Waals surface area contributed by atoms with E-state index < -0.39 is 17.9 Å². The second-order valence-electron chi connectivity index (χ2n) is 6.54. The van der Waals surface area contributed by atoms with Crippen molar-refractivity contribution in [3.05, 3.63) is 46.7 Å². The minimum absolute atomic E-state index is 0.0165. The van der Waals surface area contributed by atoms with Gasteiger partial charge < -0.3 is 20.1 Å². The monoisotopic (exact) mass is 418 g/mol. The van der Waals surface area contributed by atoms with Crippen LogP contribution in [0.1, 0.15) is 24.3 Å². The van der Waals surface area contributed by atoms with Crippen molar-refractivity contribution in [2.24, 2.45) is 0 Å². The molecule has 1 fully saturated rings. The van der Waals surface area contributed by atoms with Crippen LogP contribution in [0.15, 0.2) is 30.3 Å². The standard InChI is InChI=1S/C19H19ClF4N2O2/c1-27-18-10-16(14(21)9-15(18)25)26-6-4-11(5-7-26)12-2-3-13(20)17(8-12)28-19(22,23)24/h2-3,8-11H,4-7,25H2,1H3. The Hall–Kier alpha value is -2.35. The molecule has 1 aliphatic rings. The van der Waals surface area contributed by atoms with Crippen LogP contribution >= 0.6 is 11.6 Å². The highest BCUT2D eigenvalue weighted by Gasteiger charge is 2.32. The first-order valence-corrected chi connectivity index (χ1v) is 8.99. The van der Waals surface area contributed by atoms with Gasteiger partial charge in [0, 0.05) is 25.2 Å². The number of alkyl halides is 3. The molecule has 0 saturated carbocycles. The normalized spacial score (nSPS) is 15.6. The van der Waals surface area contributed by atoms with Gasteiger partial charge >= 0.3 is 6.36 Å². The number of nitrogen functional groups attached to an aromatic ring is 1. The maximum Gasteiger partial charge on any atom is 0.573 e. The largest absolute Gasteiger partial charge is 0.573 e. The van der Waals surface area contributed by atoms with E-state index in [1.807, 2.05) is 4.90 Å². The van der Waals surface area contributed by atoms with E-state index in [4.69, 9.17) is 22.1 Å². The van der Waals surface area contributed by atoms with Gasteiger partial charge in [-0.05, 0) is 36.5 Å². The van der Waals surface area contributed by atoms with Crippen molar-refractivity contribution in [2.45, 2.75) is 25.1 Å². The molecule has 0 spiro atoms. The number of piperidine rings is 1. The van der Waals surface area contributed by atoms with Crippen LogP contribution in [-0.4, -0.2) is 26.6 Å². The molecular weight excluding hydrogens is 400 g/mol. The summed E-state index contributed by atoms with van der Waals surface area (Å²) in [4.78, 5) is 1.87. The molecule has 2 N–H and O–H groups in total. The Bertz CT molecular complexity index is 853. The lowest BCUT2D eigenvalue weighted by Crippen LogP contribution is -2.33. The fraction of sp³-hybridized carbons (Fsp3) is 0.368. The first kappa shape index (κ1) is 20.4. The predicted octanol–water partition coefficient (Wildman–Crippen LogP) is 5.35. The third-order valence-electron chi connectivity index (χ3n) is 4.79. The van der Waals surface area contributed by atoms with Gasteiger partial charge in [0.2, 0.25) is 0 Å². The molecule has 0 aliphatic carbocycles. The van der Waals surface area contributed by atoms with Crippen LogP contribution in [0, 0.1) is 5.82 Å². The van der Waals surface area contributed by atoms with Gasteiger partial charge in [-0.15, -0.1) is 13.2 Å². The van der Waals surface area contributed by atoms with E-state index in [0.717, 1.165) is 0 Å². The summed E-state index contributed by atoms with van der Waals surface area (Å²) in [5.41, 5.74) is 7.03. The zero-order valence-corrected chi connectivity index (χ0v) is 15.8. The van der Waals surface area contributed by atoms with Crippen LogP contribution < -0.4 is 20.1 Å². The van der Waals surface area contributed by atoms with Crippen LogP contribution in [-0.2, 0) is 0 Å². The number of nitrogens with two attached hydrogens (primary N) is 1.